The van der Waals surface area contributed by atoms with Gasteiger partial charge < -0.3 is 10.4 Å². The van der Waals surface area contributed by atoms with Gasteiger partial charge in [-0.15, -0.1) is 0 Å². The van der Waals surface area contributed by atoms with Crippen molar-refractivity contribution in [2.45, 2.75) is 19.9 Å². The highest BCUT2D eigenvalue weighted by molar-refractivity contribution is 6.31. The van der Waals surface area contributed by atoms with Crippen molar-refractivity contribution >= 4 is 11.9 Å². The number of carbonyl (C=O) groups is 2. The summed E-state index contributed by atoms with van der Waals surface area (Å²) in [6.07, 6.45) is 0. The first kappa shape index (κ1) is 11.2. The zero-order valence-corrected chi connectivity index (χ0v) is 8.65. The number of carboxylic acids is 1. The molecule has 4 heteroatoms. The molecule has 0 bridgehead atoms. The van der Waals surface area contributed by atoms with Gasteiger partial charge in [-0.2, -0.15) is 0 Å². The first-order valence-corrected chi connectivity index (χ1v) is 4.61. The van der Waals surface area contributed by atoms with E-state index in [-0.39, 0.29) is 6.04 Å². The van der Waals surface area contributed by atoms with Crippen molar-refractivity contribution in [3.05, 3.63) is 35.4 Å². The third kappa shape index (κ3) is 2.80. The SMILES string of the molecule is Cc1ccccc1C(C)NC(=O)C(=O)O. The Hall–Kier alpha value is -1.84. The molecule has 0 spiro atoms. The quantitative estimate of drug-likeness (QED) is 0.717. The van der Waals surface area contributed by atoms with Crippen molar-refractivity contribution in [3.8, 4) is 0 Å². The van der Waals surface area contributed by atoms with Gasteiger partial charge in [0.05, 0.1) is 6.04 Å². The van der Waals surface area contributed by atoms with Crippen LogP contribution in [0.2, 0.25) is 0 Å². The predicted molar refractivity (Wildman–Crippen MR) is 55.4 cm³/mol. The fourth-order valence-corrected chi connectivity index (χ4v) is 1.41. The standard InChI is InChI=1S/C11H13NO3/c1-7-5-3-4-6-9(7)8(2)12-10(13)11(14)15/h3-6,8H,1-2H3,(H,12,13)(H,14,15). The van der Waals surface area contributed by atoms with E-state index in [1.165, 1.54) is 0 Å². The molecule has 4 nitrogen and oxygen atoms in total. The fraction of sp³-hybridized carbons (Fsp3) is 0.273. The molecule has 0 aromatic heterocycles. The largest absolute Gasteiger partial charge is 0.474 e. The second-order valence-electron chi connectivity index (χ2n) is 3.36. The van der Waals surface area contributed by atoms with Crippen LogP contribution in [-0.4, -0.2) is 17.0 Å². The Labute approximate surface area is 87.9 Å². The van der Waals surface area contributed by atoms with Crippen LogP contribution in [0, 0.1) is 6.92 Å². The minimum Gasteiger partial charge on any atom is -0.474 e. The number of hydrogen-bond acceptors (Lipinski definition) is 2. The van der Waals surface area contributed by atoms with Gasteiger partial charge in [-0.05, 0) is 25.0 Å². The summed E-state index contributed by atoms with van der Waals surface area (Å²) in [4.78, 5) is 21.3. The highest BCUT2D eigenvalue weighted by Gasteiger charge is 2.16. The highest BCUT2D eigenvalue weighted by atomic mass is 16.4. The van der Waals surface area contributed by atoms with Gasteiger partial charge in [-0.25, -0.2) is 4.79 Å². The fourth-order valence-electron chi connectivity index (χ4n) is 1.41. The monoisotopic (exact) mass is 207 g/mol. The van der Waals surface area contributed by atoms with Crippen LogP contribution in [0.15, 0.2) is 24.3 Å². The van der Waals surface area contributed by atoms with Gasteiger partial charge in [-0.1, -0.05) is 24.3 Å². The molecule has 0 saturated heterocycles. The normalized spacial score (nSPS) is 11.9. The number of aryl methyl sites for hydroxylation is 1. The zero-order valence-electron chi connectivity index (χ0n) is 8.65. The Morgan fingerprint density at radius 3 is 2.47 bits per heavy atom. The van der Waals surface area contributed by atoms with Crippen LogP contribution in [-0.2, 0) is 9.59 Å². The van der Waals surface area contributed by atoms with E-state index in [2.05, 4.69) is 5.32 Å². The maximum Gasteiger partial charge on any atom is 0.394 e. The smallest absolute Gasteiger partial charge is 0.394 e. The molecule has 0 aliphatic carbocycles. The van der Waals surface area contributed by atoms with Crippen LogP contribution in [0.1, 0.15) is 24.1 Å². The van der Waals surface area contributed by atoms with Gasteiger partial charge in [0.1, 0.15) is 0 Å². The van der Waals surface area contributed by atoms with E-state index >= 15 is 0 Å². The van der Waals surface area contributed by atoms with Crippen molar-refractivity contribution in [2.75, 3.05) is 0 Å². The van der Waals surface area contributed by atoms with Crippen LogP contribution < -0.4 is 5.32 Å². The van der Waals surface area contributed by atoms with E-state index < -0.39 is 11.9 Å². The van der Waals surface area contributed by atoms with Crippen LogP contribution in [0.5, 0.6) is 0 Å². The maximum atomic E-state index is 10.9. The van der Waals surface area contributed by atoms with E-state index in [0.29, 0.717) is 0 Å². The molecule has 0 saturated carbocycles. The van der Waals surface area contributed by atoms with Gasteiger partial charge in [0.25, 0.3) is 0 Å². The van der Waals surface area contributed by atoms with Crippen molar-refractivity contribution in [3.63, 3.8) is 0 Å². The summed E-state index contributed by atoms with van der Waals surface area (Å²) in [5.74, 6) is -2.44. The lowest BCUT2D eigenvalue weighted by molar-refractivity contribution is -0.150. The van der Waals surface area contributed by atoms with E-state index in [0.717, 1.165) is 11.1 Å². The molecule has 0 fully saturated rings. The van der Waals surface area contributed by atoms with Gasteiger partial charge in [0, 0.05) is 0 Å². The summed E-state index contributed by atoms with van der Waals surface area (Å²) >= 11 is 0. The maximum absolute atomic E-state index is 10.9. The zero-order chi connectivity index (χ0) is 11.4. The molecular weight excluding hydrogens is 194 g/mol. The Morgan fingerprint density at radius 2 is 1.93 bits per heavy atom. The number of hydrogen-bond donors (Lipinski definition) is 2. The molecule has 0 aliphatic heterocycles. The van der Waals surface area contributed by atoms with Crippen molar-refractivity contribution < 1.29 is 14.7 Å². The molecule has 1 unspecified atom stereocenters. The molecule has 80 valence electrons. The van der Waals surface area contributed by atoms with Crippen molar-refractivity contribution in [1.82, 2.24) is 5.32 Å². The number of benzene rings is 1. The van der Waals surface area contributed by atoms with Crippen LogP contribution in [0.25, 0.3) is 0 Å². The minimum atomic E-state index is -1.46. The van der Waals surface area contributed by atoms with Crippen LogP contribution in [0.3, 0.4) is 0 Å². The van der Waals surface area contributed by atoms with Gasteiger partial charge in [-0.3, -0.25) is 4.79 Å². The molecule has 1 aromatic carbocycles. The third-order valence-corrected chi connectivity index (χ3v) is 2.20. The van der Waals surface area contributed by atoms with Gasteiger partial charge >= 0.3 is 11.9 Å². The summed E-state index contributed by atoms with van der Waals surface area (Å²) in [5.41, 5.74) is 1.95. The molecule has 1 aromatic rings. The van der Waals surface area contributed by atoms with E-state index in [9.17, 15) is 9.59 Å². The topological polar surface area (TPSA) is 66.4 Å². The Kier molecular flexibility index (Phi) is 3.44. The molecule has 0 radical (unpaired) electrons. The average Bonchev–Trinajstić information content (AvgIpc) is 2.18. The number of carboxylic acid groups (broad SMARTS) is 1. The van der Waals surface area contributed by atoms with E-state index in [1.807, 2.05) is 31.2 Å². The second-order valence-corrected chi connectivity index (χ2v) is 3.36. The predicted octanol–water partition coefficient (Wildman–Crippen LogP) is 1.26. The molecule has 0 heterocycles. The number of carbonyl (C=O) groups excluding carboxylic acids is 1. The van der Waals surface area contributed by atoms with Gasteiger partial charge in [0.15, 0.2) is 0 Å². The van der Waals surface area contributed by atoms with Gasteiger partial charge in [0.2, 0.25) is 0 Å². The number of amides is 1. The molecule has 0 aliphatic rings. The Balaban J connectivity index is 2.78. The number of rotatable bonds is 2. The first-order chi connectivity index (χ1) is 7.02. The summed E-state index contributed by atoms with van der Waals surface area (Å²) < 4.78 is 0. The highest BCUT2D eigenvalue weighted by Crippen LogP contribution is 2.16. The molecule has 2 N–H and O–H groups in total. The van der Waals surface area contributed by atoms with Crippen LogP contribution in [0.4, 0.5) is 0 Å². The summed E-state index contributed by atoms with van der Waals surface area (Å²) in [6, 6.07) is 7.23. The average molecular weight is 207 g/mol. The molecule has 1 rings (SSSR count). The molecular formula is C11H13NO3. The molecule has 1 atom stereocenters. The number of aliphatic carboxylic acids is 1. The lowest BCUT2D eigenvalue weighted by atomic mass is 10.0. The minimum absolute atomic E-state index is 0.296. The van der Waals surface area contributed by atoms with Crippen molar-refractivity contribution in [1.29, 1.82) is 0 Å². The first-order valence-electron chi connectivity index (χ1n) is 4.61. The van der Waals surface area contributed by atoms with E-state index in [1.54, 1.807) is 6.92 Å². The summed E-state index contributed by atoms with van der Waals surface area (Å²) in [7, 11) is 0. The van der Waals surface area contributed by atoms with Crippen LogP contribution >= 0.6 is 0 Å². The summed E-state index contributed by atoms with van der Waals surface area (Å²) in [6.45, 7) is 3.67. The van der Waals surface area contributed by atoms with Crippen molar-refractivity contribution in [2.24, 2.45) is 0 Å². The van der Waals surface area contributed by atoms with E-state index in [4.69, 9.17) is 5.11 Å². The summed E-state index contributed by atoms with van der Waals surface area (Å²) in [5, 5.41) is 10.8. The second kappa shape index (κ2) is 4.59. The Morgan fingerprint density at radius 1 is 1.33 bits per heavy atom. The lowest BCUT2D eigenvalue weighted by Gasteiger charge is -2.14. The number of nitrogens with one attached hydrogen (secondary N) is 1. The third-order valence-electron chi connectivity index (χ3n) is 2.20. The molecule has 15 heavy (non-hydrogen) atoms. The molecule has 1 amide bonds. The Bertz CT molecular complexity index is 387. The lowest BCUT2D eigenvalue weighted by Crippen LogP contribution is -2.33.